The molecule has 0 aromatic rings. The highest BCUT2D eigenvalue weighted by molar-refractivity contribution is 5.76. The Morgan fingerprint density at radius 1 is 0.789 bits per heavy atom. The minimum absolute atomic E-state index is 0.228. The van der Waals surface area contributed by atoms with E-state index in [1.807, 2.05) is 4.90 Å². The molecule has 2 heteroatoms. The third-order valence-electron chi connectivity index (χ3n) is 3.63. The zero-order valence-electron chi connectivity index (χ0n) is 13.3. The Kier molecular flexibility index (Phi) is 13.5. The highest BCUT2D eigenvalue weighted by Gasteiger charge is 2.10. The van der Waals surface area contributed by atoms with Gasteiger partial charge in [0.2, 0.25) is 5.91 Å². The van der Waals surface area contributed by atoms with Crippen LogP contribution in [0, 0.1) is 6.92 Å². The monoisotopic (exact) mass is 268 g/mol. The molecule has 0 aliphatic carbocycles. The van der Waals surface area contributed by atoms with Crippen LogP contribution >= 0.6 is 0 Å². The molecule has 2 nitrogen and oxygen atoms in total. The summed E-state index contributed by atoms with van der Waals surface area (Å²) in [4.78, 5) is 13.8. The molecule has 0 aliphatic heterocycles. The van der Waals surface area contributed by atoms with E-state index in [-0.39, 0.29) is 5.91 Å². The van der Waals surface area contributed by atoms with Crippen LogP contribution in [-0.2, 0) is 4.79 Å². The third kappa shape index (κ3) is 11.0. The van der Waals surface area contributed by atoms with Crippen LogP contribution in [0.3, 0.4) is 0 Å². The first-order chi connectivity index (χ1) is 9.26. The zero-order chi connectivity index (χ0) is 14.3. The van der Waals surface area contributed by atoms with Crippen molar-refractivity contribution >= 4 is 5.91 Å². The number of hydrogen-bond acceptors (Lipinski definition) is 1. The Labute approximate surface area is 120 Å². The van der Waals surface area contributed by atoms with E-state index in [4.69, 9.17) is 0 Å². The number of nitrogens with zero attached hydrogens (tertiary/aromatic N) is 1. The summed E-state index contributed by atoms with van der Waals surface area (Å²) in [7, 11) is 0. The number of hydrogen-bond donors (Lipinski definition) is 0. The maximum atomic E-state index is 11.8. The lowest BCUT2D eigenvalue weighted by atomic mass is 10.1. The average molecular weight is 268 g/mol. The van der Waals surface area contributed by atoms with Gasteiger partial charge in [-0.15, -0.1) is 0 Å². The molecule has 1 radical (unpaired) electrons. The second-order valence-electron chi connectivity index (χ2n) is 5.46. The second-order valence-corrected chi connectivity index (χ2v) is 5.46. The maximum absolute atomic E-state index is 11.8. The van der Waals surface area contributed by atoms with E-state index >= 15 is 0 Å². The number of carbonyl (C=O) groups is 1. The summed E-state index contributed by atoms with van der Waals surface area (Å²) in [5.41, 5.74) is 0. The number of carbonyl (C=O) groups excluding carboxylic acids is 1. The molecule has 0 aliphatic rings. The van der Waals surface area contributed by atoms with E-state index in [1.165, 1.54) is 51.4 Å². The molecule has 0 spiro atoms. The summed E-state index contributed by atoms with van der Waals surface area (Å²) in [6, 6.07) is 0. The summed E-state index contributed by atoms with van der Waals surface area (Å²) in [5, 5.41) is 0. The normalized spacial score (nSPS) is 10.7. The first-order valence-electron chi connectivity index (χ1n) is 8.33. The SMILES string of the molecule is [CH2]CC(=O)N(CCCCCCC)CCCCCCC. The first-order valence-corrected chi connectivity index (χ1v) is 8.33. The molecule has 0 fully saturated rings. The van der Waals surface area contributed by atoms with E-state index in [2.05, 4.69) is 20.8 Å². The van der Waals surface area contributed by atoms with Crippen LogP contribution in [0.2, 0.25) is 0 Å². The molecule has 0 aromatic carbocycles. The van der Waals surface area contributed by atoms with Gasteiger partial charge in [0.1, 0.15) is 0 Å². The smallest absolute Gasteiger partial charge is 0.222 e. The van der Waals surface area contributed by atoms with Gasteiger partial charge in [-0.2, -0.15) is 0 Å². The topological polar surface area (TPSA) is 20.3 Å². The molecule has 0 saturated carbocycles. The third-order valence-corrected chi connectivity index (χ3v) is 3.63. The summed E-state index contributed by atoms with van der Waals surface area (Å²) >= 11 is 0. The molecule has 0 bridgehead atoms. The molecule has 0 rings (SSSR count). The van der Waals surface area contributed by atoms with Gasteiger partial charge in [0, 0.05) is 19.5 Å². The predicted octanol–water partition coefficient (Wildman–Crippen LogP) is 4.98. The summed E-state index contributed by atoms with van der Waals surface area (Å²) in [6.45, 7) is 10.1. The van der Waals surface area contributed by atoms with Gasteiger partial charge in [-0.1, -0.05) is 65.2 Å². The van der Waals surface area contributed by atoms with Crippen molar-refractivity contribution in [3.63, 3.8) is 0 Å². The van der Waals surface area contributed by atoms with E-state index in [0.717, 1.165) is 25.9 Å². The van der Waals surface area contributed by atoms with Crippen molar-refractivity contribution in [1.82, 2.24) is 4.90 Å². The van der Waals surface area contributed by atoms with Crippen LogP contribution < -0.4 is 0 Å². The first kappa shape index (κ1) is 18.5. The molecule has 0 saturated heterocycles. The maximum Gasteiger partial charge on any atom is 0.222 e. The fourth-order valence-corrected chi connectivity index (χ4v) is 2.33. The van der Waals surface area contributed by atoms with Gasteiger partial charge in [-0.25, -0.2) is 0 Å². The van der Waals surface area contributed by atoms with Gasteiger partial charge < -0.3 is 4.90 Å². The summed E-state index contributed by atoms with van der Waals surface area (Å²) in [6.07, 6.45) is 13.0. The van der Waals surface area contributed by atoms with Crippen molar-refractivity contribution in [2.24, 2.45) is 0 Å². The van der Waals surface area contributed by atoms with Gasteiger partial charge >= 0.3 is 0 Å². The Balaban J connectivity index is 3.73. The molecule has 0 atom stereocenters. The highest BCUT2D eigenvalue weighted by atomic mass is 16.2. The molecule has 113 valence electrons. The van der Waals surface area contributed by atoms with Crippen LogP contribution in [0.25, 0.3) is 0 Å². The van der Waals surface area contributed by atoms with Gasteiger partial charge in [0.05, 0.1) is 0 Å². The van der Waals surface area contributed by atoms with Crippen molar-refractivity contribution in [2.45, 2.75) is 84.5 Å². The quantitative estimate of drug-likeness (QED) is 0.431. The minimum Gasteiger partial charge on any atom is -0.343 e. The minimum atomic E-state index is 0.228. The summed E-state index contributed by atoms with van der Waals surface area (Å²) in [5.74, 6) is 0.228. The van der Waals surface area contributed by atoms with Crippen LogP contribution in [0.1, 0.15) is 84.5 Å². The Morgan fingerprint density at radius 3 is 1.58 bits per heavy atom. The van der Waals surface area contributed by atoms with E-state index in [0.29, 0.717) is 6.42 Å². The highest BCUT2D eigenvalue weighted by Crippen LogP contribution is 2.08. The molecular formula is C17H34NO. The largest absolute Gasteiger partial charge is 0.343 e. The molecule has 19 heavy (non-hydrogen) atoms. The van der Waals surface area contributed by atoms with Crippen LogP contribution in [0.15, 0.2) is 0 Å². The molecular weight excluding hydrogens is 234 g/mol. The number of unbranched alkanes of at least 4 members (excludes halogenated alkanes) is 8. The summed E-state index contributed by atoms with van der Waals surface area (Å²) < 4.78 is 0. The van der Waals surface area contributed by atoms with Crippen molar-refractivity contribution in [1.29, 1.82) is 0 Å². The fraction of sp³-hybridized carbons (Fsp3) is 0.882. The van der Waals surface area contributed by atoms with Crippen LogP contribution in [0.5, 0.6) is 0 Å². The van der Waals surface area contributed by atoms with E-state index in [1.54, 1.807) is 0 Å². The second kappa shape index (κ2) is 13.9. The molecule has 0 unspecified atom stereocenters. The lowest BCUT2D eigenvalue weighted by Crippen LogP contribution is -2.32. The molecule has 0 aromatic heterocycles. The van der Waals surface area contributed by atoms with Crippen LogP contribution in [-0.4, -0.2) is 23.9 Å². The van der Waals surface area contributed by atoms with Gasteiger partial charge in [0.15, 0.2) is 0 Å². The van der Waals surface area contributed by atoms with Crippen molar-refractivity contribution < 1.29 is 4.79 Å². The number of amides is 1. The average Bonchev–Trinajstić information content (AvgIpc) is 2.43. The van der Waals surface area contributed by atoms with E-state index < -0.39 is 0 Å². The standard InChI is InChI=1S/C17H34NO/c1-4-7-9-11-13-15-18(17(19)6-3)16-14-12-10-8-5-2/h3-16H2,1-2H3. The fourth-order valence-electron chi connectivity index (χ4n) is 2.33. The van der Waals surface area contributed by atoms with Gasteiger partial charge in [-0.3, -0.25) is 4.79 Å². The lowest BCUT2D eigenvalue weighted by Gasteiger charge is -2.22. The van der Waals surface area contributed by atoms with Crippen molar-refractivity contribution in [2.75, 3.05) is 13.1 Å². The van der Waals surface area contributed by atoms with Gasteiger partial charge in [0.25, 0.3) is 0 Å². The Bertz CT molecular complexity index is 189. The zero-order valence-corrected chi connectivity index (χ0v) is 13.3. The molecule has 1 amide bonds. The molecule has 0 heterocycles. The van der Waals surface area contributed by atoms with E-state index in [9.17, 15) is 4.79 Å². The molecule has 0 N–H and O–H groups in total. The van der Waals surface area contributed by atoms with Crippen LogP contribution in [0.4, 0.5) is 0 Å². The van der Waals surface area contributed by atoms with Gasteiger partial charge in [-0.05, 0) is 19.8 Å². The Hall–Kier alpha value is -0.530. The predicted molar refractivity (Wildman–Crippen MR) is 84.1 cm³/mol. The lowest BCUT2D eigenvalue weighted by molar-refractivity contribution is -0.130. The van der Waals surface area contributed by atoms with Crippen molar-refractivity contribution in [3.05, 3.63) is 6.92 Å². The van der Waals surface area contributed by atoms with Crippen molar-refractivity contribution in [3.8, 4) is 0 Å². The Morgan fingerprint density at radius 2 is 1.21 bits per heavy atom. The number of rotatable bonds is 13.